The first-order chi connectivity index (χ1) is 12.3. The molecule has 0 unspecified atom stereocenters. The van der Waals surface area contributed by atoms with Gasteiger partial charge >= 0.3 is 5.97 Å². The van der Waals surface area contributed by atoms with Gasteiger partial charge in [-0.15, -0.1) is 10.2 Å². The van der Waals surface area contributed by atoms with Gasteiger partial charge in [0.15, 0.2) is 5.16 Å². The average molecular weight is 353 g/mol. The summed E-state index contributed by atoms with van der Waals surface area (Å²) < 4.78 is 6.69. The third kappa shape index (κ3) is 3.26. The number of fused-ring (bicyclic) bond motifs is 1. The zero-order valence-electron chi connectivity index (χ0n) is 14.0. The molecule has 5 nitrogen and oxygen atoms in total. The summed E-state index contributed by atoms with van der Waals surface area (Å²) in [6.45, 7) is 0. The third-order valence-electron chi connectivity index (χ3n) is 4.49. The summed E-state index contributed by atoms with van der Waals surface area (Å²) in [6, 6.07) is 12.9. The van der Waals surface area contributed by atoms with Gasteiger partial charge in [0, 0.05) is 11.1 Å². The van der Waals surface area contributed by atoms with Crippen LogP contribution in [0.3, 0.4) is 0 Å². The number of aromatic nitrogens is 3. The zero-order valence-corrected chi connectivity index (χ0v) is 14.8. The van der Waals surface area contributed by atoms with Crippen LogP contribution in [0.2, 0.25) is 0 Å². The van der Waals surface area contributed by atoms with Crippen LogP contribution in [0, 0.1) is 0 Å². The lowest BCUT2D eigenvalue weighted by atomic mass is 9.99. The Morgan fingerprint density at radius 2 is 2.04 bits per heavy atom. The van der Waals surface area contributed by atoms with Crippen LogP contribution in [0.15, 0.2) is 47.9 Å². The summed E-state index contributed by atoms with van der Waals surface area (Å²) in [7, 11) is 1.41. The third-order valence-corrected chi connectivity index (χ3v) is 5.44. The number of carbonyl (C=O) groups is 1. The molecule has 0 atom stereocenters. The van der Waals surface area contributed by atoms with Crippen molar-refractivity contribution < 1.29 is 9.53 Å². The van der Waals surface area contributed by atoms with Crippen molar-refractivity contribution in [2.45, 2.75) is 30.3 Å². The molecule has 1 fully saturated rings. The first-order valence-corrected chi connectivity index (χ1v) is 9.38. The van der Waals surface area contributed by atoms with E-state index in [4.69, 9.17) is 0 Å². The maximum atomic E-state index is 11.3. The van der Waals surface area contributed by atoms with Crippen LogP contribution in [0.5, 0.6) is 0 Å². The molecule has 1 saturated carbocycles. The topological polar surface area (TPSA) is 57.0 Å². The van der Waals surface area contributed by atoms with Gasteiger partial charge in [-0.25, -0.2) is 0 Å². The maximum Gasteiger partial charge on any atom is 0.306 e. The highest BCUT2D eigenvalue weighted by atomic mass is 32.2. The van der Waals surface area contributed by atoms with Gasteiger partial charge in [-0.2, -0.15) is 0 Å². The Morgan fingerprint density at radius 3 is 2.80 bits per heavy atom. The van der Waals surface area contributed by atoms with E-state index in [-0.39, 0.29) is 5.97 Å². The van der Waals surface area contributed by atoms with Crippen molar-refractivity contribution in [1.82, 2.24) is 14.8 Å². The standard InChI is InChI=1S/C19H19N3O2S/c1-24-18(23)10-11-25-19-21-20-12-22(19)17-9-8-14(13-6-7-13)15-4-2-3-5-16(15)17/h2-5,8-9,12-13H,6-7,10-11H2,1H3. The van der Waals surface area contributed by atoms with Gasteiger partial charge in [-0.05, 0) is 35.8 Å². The smallest absolute Gasteiger partial charge is 0.306 e. The van der Waals surface area contributed by atoms with E-state index in [1.165, 1.54) is 48.0 Å². The van der Waals surface area contributed by atoms with Crippen molar-refractivity contribution >= 4 is 28.5 Å². The van der Waals surface area contributed by atoms with E-state index in [1.807, 2.05) is 4.57 Å². The van der Waals surface area contributed by atoms with Crippen molar-refractivity contribution in [3.63, 3.8) is 0 Å². The first kappa shape index (κ1) is 16.1. The lowest BCUT2D eigenvalue weighted by Gasteiger charge is -2.13. The minimum atomic E-state index is -0.210. The van der Waals surface area contributed by atoms with Gasteiger partial charge in [-0.3, -0.25) is 9.36 Å². The molecule has 3 aromatic rings. The van der Waals surface area contributed by atoms with Crippen LogP contribution in [0.1, 0.15) is 30.7 Å². The fourth-order valence-electron chi connectivity index (χ4n) is 3.08. The molecule has 25 heavy (non-hydrogen) atoms. The van der Waals surface area contributed by atoms with Crippen LogP contribution in [0.25, 0.3) is 16.5 Å². The highest BCUT2D eigenvalue weighted by Crippen LogP contribution is 2.44. The predicted octanol–water partition coefficient (Wildman–Crippen LogP) is 3.95. The van der Waals surface area contributed by atoms with Crippen LogP contribution in [0.4, 0.5) is 0 Å². The molecule has 0 spiro atoms. The van der Waals surface area contributed by atoms with Gasteiger partial charge in [-0.1, -0.05) is 42.1 Å². The van der Waals surface area contributed by atoms with Crippen molar-refractivity contribution in [1.29, 1.82) is 0 Å². The average Bonchev–Trinajstić information content (AvgIpc) is 3.39. The number of benzene rings is 2. The van der Waals surface area contributed by atoms with Gasteiger partial charge in [0.2, 0.25) is 0 Å². The molecule has 128 valence electrons. The fraction of sp³-hybridized carbons (Fsp3) is 0.316. The number of hydrogen-bond donors (Lipinski definition) is 0. The number of nitrogens with zero attached hydrogens (tertiary/aromatic N) is 3. The van der Waals surface area contributed by atoms with E-state index in [0.29, 0.717) is 18.1 Å². The van der Waals surface area contributed by atoms with E-state index in [9.17, 15) is 4.79 Å². The normalized spacial score (nSPS) is 14.0. The molecule has 0 saturated heterocycles. The number of hydrogen-bond acceptors (Lipinski definition) is 5. The van der Waals surface area contributed by atoms with E-state index in [0.717, 1.165) is 10.8 Å². The van der Waals surface area contributed by atoms with Crippen LogP contribution < -0.4 is 0 Å². The Bertz CT molecular complexity index is 918. The van der Waals surface area contributed by atoms with Gasteiger partial charge in [0.25, 0.3) is 0 Å². The molecule has 1 aliphatic rings. The van der Waals surface area contributed by atoms with Crippen LogP contribution >= 0.6 is 11.8 Å². The quantitative estimate of drug-likeness (QED) is 0.496. The molecular formula is C19H19N3O2S. The molecule has 1 heterocycles. The zero-order chi connectivity index (χ0) is 17.2. The number of thioether (sulfide) groups is 1. The second kappa shape index (κ2) is 6.88. The van der Waals surface area contributed by atoms with Crippen molar-refractivity contribution in [3.05, 3.63) is 48.3 Å². The molecule has 1 aliphatic carbocycles. The van der Waals surface area contributed by atoms with Crippen LogP contribution in [-0.2, 0) is 9.53 Å². The second-order valence-electron chi connectivity index (χ2n) is 6.15. The predicted molar refractivity (Wildman–Crippen MR) is 98.2 cm³/mol. The van der Waals surface area contributed by atoms with Crippen molar-refractivity contribution in [2.24, 2.45) is 0 Å². The lowest BCUT2D eigenvalue weighted by Crippen LogP contribution is -2.02. The van der Waals surface area contributed by atoms with Gasteiger partial charge in [0.05, 0.1) is 19.2 Å². The van der Waals surface area contributed by atoms with Gasteiger partial charge in [0.1, 0.15) is 6.33 Å². The molecule has 2 aromatic carbocycles. The molecule has 0 radical (unpaired) electrons. The molecule has 0 N–H and O–H groups in total. The summed E-state index contributed by atoms with van der Waals surface area (Å²) in [5.74, 6) is 1.11. The highest BCUT2D eigenvalue weighted by Gasteiger charge is 2.26. The molecule has 1 aromatic heterocycles. The molecule has 0 bridgehead atoms. The van der Waals surface area contributed by atoms with Crippen molar-refractivity contribution in [3.8, 4) is 5.69 Å². The summed E-state index contributed by atoms with van der Waals surface area (Å²) in [5, 5.41) is 11.6. The molecule has 6 heteroatoms. The minimum Gasteiger partial charge on any atom is -0.469 e. The highest BCUT2D eigenvalue weighted by molar-refractivity contribution is 7.99. The Labute approximate surface area is 150 Å². The van der Waals surface area contributed by atoms with E-state index in [1.54, 1.807) is 6.33 Å². The first-order valence-electron chi connectivity index (χ1n) is 8.39. The Kier molecular flexibility index (Phi) is 4.44. The summed E-state index contributed by atoms with van der Waals surface area (Å²) in [5.41, 5.74) is 2.51. The Hall–Kier alpha value is -2.34. The number of rotatable bonds is 6. The Balaban J connectivity index is 1.68. The van der Waals surface area contributed by atoms with Crippen LogP contribution in [-0.4, -0.2) is 33.6 Å². The largest absolute Gasteiger partial charge is 0.469 e. The number of methoxy groups -OCH3 is 1. The second-order valence-corrected chi connectivity index (χ2v) is 7.21. The maximum absolute atomic E-state index is 11.3. The van der Waals surface area contributed by atoms with E-state index >= 15 is 0 Å². The number of ether oxygens (including phenoxy) is 1. The lowest BCUT2D eigenvalue weighted by molar-refractivity contribution is -0.140. The monoisotopic (exact) mass is 353 g/mol. The fourth-order valence-corrected chi connectivity index (χ4v) is 3.92. The molecule has 4 rings (SSSR count). The molecule has 0 amide bonds. The summed E-state index contributed by atoms with van der Waals surface area (Å²) >= 11 is 1.51. The Morgan fingerprint density at radius 1 is 1.24 bits per heavy atom. The SMILES string of the molecule is COC(=O)CCSc1nncn1-c1ccc(C2CC2)c2ccccc12. The number of carbonyl (C=O) groups excluding carboxylic acids is 1. The van der Waals surface area contributed by atoms with E-state index < -0.39 is 0 Å². The van der Waals surface area contributed by atoms with Gasteiger partial charge < -0.3 is 4.74 Å². The molecule has 0 aliphatic heterocycles. The number of esters is 1. The molecular weight excluding hydrogens is 334 g/mol. The van der Waals surface area contributed by atoms with Crippen molar-refractivity contribution in [2.75, 3.05) is 12.9 Å². The van der Waals surface area contributed by atoms with E-state index in [2.05, 4.69) is 51.3 Å². The minimum absolute atomic E-state index is 0.210. The summed E-state index contributed by atoms with van der Waals surface area (Å²) in [4.78, 5) is 11.3. The summed E-state index contributed by atoms with van der Waals surface area (Å²) in [6.07, 6.45) is 4.66.